The van der Waals surface area contributed by atoms with Crippen LogP contribution in [0.3, 0.4) is 0 Å². The molecular weight excluding hydrogens is 170 g/mol. The Morgan fingerprint density at radius 1 is 1.75 bits per heavy atom. The van der Waals surface area contributed by atoms with Crippen molar-refractivity contribution >= 4 is 17.2 Å². The zero-order valence-corrected chi connectivity index (χ0v) is 7.78. The maximum atomic E-state index is 10.8. The molecule has 0 aliphatic rings. The molecule has 1 N–H and O–H groups in total. The van der Waals surface area contributed by atoms with Crippen LogP contribution < -0.4 is 5.32 Å². The number of nitrogens with one attached hydrogen (secondary N) is 1. The second-order valence-electron chi connectivity index (χ2n) is 2.50. The molecule has 0 atom stereocenters. The Morgan fingerprint density at radius 3 is 3.00 bits per heavy atom. The fourth-order valence-electron chi connectivity index (χ4n) is 0.822. The molecule has 0 spiro atoms. The number of rotatable bonds is 3. The highest BCUT2D eigenvalue weighted by molar-refractivity contribution is 7.08. The Labute approximate surface area is 75.9 Å². The molecule has 2 nitrogen and oxygen atoms in total. The summed E-state index contributed by atoms with van der Waals surface area (Å²) in [6.07, 6.45) is 1.28. The molecule has 0 saturated heterocycles. The highest BCUT2D eigenvalue weighted by atomic mass is 32.1. The predicted molar refractivity (Wildman–Crippen MR) is 51.1 cm³/mol. The molecule has 0 radical (unpaired) electrons. The Morgan fingerprint density at radius 2 is 2.50 bits per heavy atom. The predicted octanol–water partition coefficient (Wildman–Crippen LogP) is 1.86. The highest BCUT2D eigenvalue weighted by Gasteiger charge is 1.99. The van der Waals surface area contributed by atoms with Crippen LogP contribution in [0.2, 0.25) is 0 Å². The summed E-state index contributed by atoms with van der Waals surface area (Å²) in [7, 11) is 0. The van der Waals surface area contributed by atoms with E-state index in [0.717, 1.165) is 0 Å². The van der Waals surface area contributed by atoms with E-state index in [1.807, 2.05) is 12.3 Å². The second-order valence-corrected chi connectivity index (χ2v) is 3.25. The van der Waals surface area contributed by atoms with E-state index in [4.69, 9.17) is 0 Å². The summed E-state index contributed by atoms with van der Waals surface area (Å²) >= 11 is 1.65. The van der Waals surface area contributed by atoms with Crippen LogP contribution in [0.1, 0.15) is 11.1 Å². The van der Waals surface area contributed by atoms with Crippen molar-refractivity contribution in [1.29, 1.82) is 0 Å². The van der Waals surface area contributed by atoms with Crippen LogP contribution in [0, 0.1) is 6.92 Å². The first-order chi connectivity index (χ1) is 5.74. The molecule has 0 bridgehead atoms. The summed E-state index contributed by atoms with van der Waals surface area (Å²) in [5.41, 5.74) is 2.40. The molecule has 0 fully saturated rings. The van der Waals surface area contributed by atoms with Gasteiger partial charge in [-0.05, 0) is 34.9 Å². The van der Waals surface area contributed by atoms with Crippen molar-refractivity contribution < 1.29 is 4.79 Å². The maximum Gasteiger partial charge on any atom is 0.243 e. The van der Waals surface area contributed by atoms with Gasteiger partial charge in [-0.1, -0.05) is 6.58 Å². The Kier molecular flexibility index (Phi) is 3.05. The maximum absolute atomic E-state index is 10.8. The van der Waals surface area contributed by atoms with Gasteiger partial charge in [0.05, 0.1) is 0 Å². The first kappa shape index (κ1) is 9.00. The summed E-state index contributed by atoms with van der Waals surface area (Å²) < 4.78 is 0. The van der Waals surface area contributed by atoms with E-state index in [1.165, 1.54) is 17.2 Å². The van der Waals surface area contributed by atoms with E-state index in [1.54, 1.807) is 11.3 Å². The lowest BCUT2D eigenvalue weighted by molar-refractivity contribution is -0.116. The fourth-order valence-corrected chi connectivity index (χ4v) is 1.68. The molecule has 0 aliphatic carbocycles. The number of amides is 1. The van der Waals surface area contributed by atoms with Crippen LogP contribution in [0.4, 0.5) is 0 Å². The fraction of sp³-hybridized carbons (Fsp3) is 0.222. The van der Waals surface area contributed by atoms with E-state index in [0.29, 0.717) is 6.54 Å². The molecule has 1 aromatic heterocycles. The summed E-state index contributed by atoms with van der Waals surface area (Å²) in [6.45, 7) is 6.00. The first-order valence-corrected chi connectivity index (χ1v) is 4.60. The molecule has 1 rings (SSSR count). The van der Waals surface area contributed by atoms with Gasteiger partial charge in [0.1, 0.15) is 0 Å². The van der Waals surface area contributed by atoms with Crippen molar-refractivity contribution in [3.63, 3.8) is 0 Å². The summed E-state index contributed by atoms with van der Waals surface area (Å²) in [6, 6.07) is 0. The van der Waals surface area contributed by atoms with Gasteiger partial charge in [0.25, 0.3) is 0 Å². The topological polar surface area (TPSA) is 29.1 Å². The zero-order chi connectivity index (χ0) is 8.97. The van der Waals surface area contributed by atoms with E-state index in [2.05, 4.69) is 17.3 Å². The molecule has 12 heavy (non-hydrogen) atoms. The van der Waals surface area contributed by atoms with Gasteiger partial charge in [-0.3, -0.25) is 4.79 Å². The van der Waals surface area contributed by atoms with Crippen LogP contribution in [-0.2, 0) is 11.3 Å². The van der Waals surface area contributed by atoms with Crippen molar-refractivity contribution in [2.24, 2.45) is 0 Å². The lowest BCUT2D eigenvalue weighted by atomic mass is 10.2. The van der Waals surface area contributed by atoms with Gasteiger partial charge >= 0.3 is 0 Å². The zero-order valence-electron chi connectivity index (χ0n) is 6.96. The van der Waals surface area contributed by atoms with Crippen LogP contribution in [0.25, 0.3) is 0 Å². The average Bonchev–Trinajstić information content (AvgIpc) is 2.47. The van der Waals surface area contributed by atoms with Crippen molar-refractivity contribution in [3.8, 4) is 0 Å². The monoisotopic (exact) mass is 181 g/mol. The van der Waals surface area contributed by atoms with Crippen molar-refractivity contribution in [1.82, 2.24) is 5.32 Å². The van der Waals surface area contributed by atoms with Gasteiger partial charge in [0.15, 0.2) is 0 Å². The number of hydrogen-bond donors (Lipinski definition) is 1. The third-order valence-electron chi connectivity index (χ3n) is 1.60. The lowest BCUT2D eigenvalue weighted by Gasteiger charge is -2.00. The Hall–Kier alpha value is -1.09. The molecule has 1 aromatic rings. The molecule has 3 heteroatoms. The Bertz CT molecular complexity index is 290. The quantitative estimate of drug-likeness (QED) is 0.708. The largest absolute Gasteiger partial charge is 0.348 e. The van der Waals surface area contributed by atoms with Gasteiger partial charge in [0, 0.05) is 6.54 Å². The first-order valence-electron chi connectivity index (χ1n) is 3.66. The molecule has 1 amide bonds. The van der Waals surface area contributed by atoms with Crippen molar-refractivity contribution in [2.45, 2.75) is 13.5 Å². The normalized spacial score (nSPS) is 9.42. The minimum atomic E-state index is -0.124. The molecule has 64 valence electrons. The number of carbonyl (C=O) groups is 1. The number of aryl methyl sites for hydroxylation is 1. The van der Waals surface area contributed by atoms with Crippen molar-refractivity contribution in [3.05, 3.63) is 34.5 Å². The summed E-state index contributed by atoms with van der Waals surface area (Å²) in [5.74, 6) is -0.124. The van der Waals surface area contributed by atoms with Crippen LogP contribution in [0.5, 0.6) is 0 Å². The molecular formula is C9H11NOS. The van der Waals surface area contributed by atoms with Crippen molar-refractivity contribution in [2.75, 3.05) is 0 Å². The van der Waals surface area contributed by atoms with E-state index < -0.39 is 0 Å². The summed E-state index contributed by atoms with van der Waals surface area (Å²) in [5, 5.41) is 6.83. The molecule has 0 unspecified atom stereocenters. The third-order valence-corrected chi connectivity index (χ3v) is 2.51. The van der Waals surface area contributed by atoms with Gasteiger partial charge in [-0.2, -0.15) is 11.3 Å². The van der Waals surface area contributed by atoms with Gasteiger partial charge in [-0.25, -0.2) is 0 Å². The molecule has 1 heterocycles. The van der Waals surface area contributed by atoms with Crippen LogP contribution in [0.15, 0.2) is 23.4 Å². The minimum Gasteiger partial charge on any atom is -0.348 e. The van der Waals surface area contributed by atoms with Crippen LogP contribution in [-0.4, -0.2) is 5.91 Å². The SMILES string of the molecule is C=CC(=O)NCc1cscc1C. The van der Waals surface area contributed by atoms with Gasteiger partial charge < -0.3 is 5.32 Å². The molecule has 0 saturated carbocycles. The number of thiophene rings is 1. The van der Waals surface area contributed by atoms with Gasteiger partial charge in [-0.15, -0.1) is 0 Å². The van der Waals surface area contributed by atoms with Gasteiger partial charge in [0.2, 0.25) is 5.91 Å². The average molecular weight is 181 g/mol. The van der Waals surface area contributed by atoms with Crippen LogP contribution >= 0.6 is 11.3 Å². The van der Waals surface area contributed by atoms with E-state index in [9.17, 15) is 4.79 Å². The standard InChI is InChI=1S/C9H11NOS/c1-3-9(11)10-4-8-6-12-5-7(8)2/h3,5-6H,1,4H2,2H3,(H,10,11). The smallest absolute Gasteiger partial charge is 0.243 e. The Balaban J connectivity index is 2.48. The molecule has 0 aromatic carbocycles. The van der Waals surface area contributed by atoms with E-state index in [-0.39, 0.29) is 5.91 Å². The number of carbonyl (C=O) groups excluding carboxylic acids is 1. The molecule has 0 aliphatic heterocycles. The van der Waals surface area contributed by atoms with E-state index >= 15 is 0 Å². The third kappa shape index (κ3) is 2.20. The minimum absolute atomic E-state index is 0.124. The highest BCUT2D eigenvalue weighted by Crippen LogP contribution is 2.12. The summed E-state index contributed by atoms with van der Waals surface area (Å²) in [4.78, 5) is 10.8. The lowest BCUT2D eigenvalue weighted by Crippen LogP contribution is -2.19. The second kappa shape index (κ2) is 4.07. The number of hydrogen-bond acceptors (Lipinski definition) is 2.